The predicted molar refractivity (Wildman–Crippen MR) is 65.8 cm³/mol. The van der Waals surface area contributed by atoms with Crippen molar-refractivity contribution in [2.45, 2.75) is 6.18 Å². The van der Waals surface area contributed by atoms with Crippen LogP contribution >= 0.6 is 0 Å². The van der Waals surface area contributed by atoms with E-state index in [0.29, 0.717) is 12.1 Å². The van der Waals surface area contributed by atoms with Crippen molar-refractivity contribution < 1.29 is 22.4 Å². The van der Waals surface area contributed by atoms with Crippen molar-refractivity contribution in [1.82, 2.24) is 10.2 Å². The van der Waals surface area contributed by atoms with Gasteiger partial charge in [0, 0.05) is 5.69 Å². The molecule has 1 amide bonds. The van der Waals surface area contributed by atoms with Gasteiger partial charge < -0.3 is 11.1 Å². The van der Waals surface area contributed by atoms with E-state index in [2.05, 4.69) is 15.5 Å². The number of nitrogens with one attached hydrogen (secondary N) is 1. The summed E-state index contributed by atoms with van der Waals surface area (Å²) in [6, 6.07) is 4.69. The van der Waals surface area contributed by atoms with E-state index in [-0.39, 0.29) is 17.2 Å². The molecule has 1 aromatic heterocycles. The van der Waals surface area contributed by atoms with Crippen LogP contribution in [0.1, 0.15) is 16.1 Å². The summed E-state index contributed by atoms with van der Waals surface area (Å²) in [6.07, 6.45) is -4.86. The second-order valence-electron chi connectivity index (χ2n) is 3.99. The number of rotatable bonds is 2. The van der Waals surface area contributed by atoms with Crippen LogP contribution in [-0.4, -0.2) is 16.1 Å². The highest BCUT2D eigenvalue weighted by molar-refractivity contribution is 6.02. The van der Waals surface area contributed by atoms with Crippen LogP contribution in [0.3, 0.4) is 0 Å². The second kappa shape index (κ2) is 5.35. The number of benzene rings is 1. The second-order valence-corrected chi connectivity index (χ2v) is 3.99. The monoisotopic (exact) mass is 300 g/mol. The Kier molecular flexibility index (Phi) is 3.74. The van der Waals surface area contributed by atoms with Crippen molar-refractivity contribution in [1.29, 1.82) is 0 Å². The van der Waals surface area contributed by atoms with Gasteiger partial charge in [0.2, 0.25) is 0 Å². The van der Waals surface area contributed by atoms with Gasteiger partial charge in [-0.15, -0.1) is 10.2 Å². The summed E-state index contributed by atoms with van der Waals surface area (Å²) >= 11 is 0. The normalized spacial score (nSPS) is 11.2. The first-order chi connectivity index (χ1) is 9.77. The third-order valence-corrected chi connectivity index (χ3v) is 2.45. The van der Waals surface area contributed by atoms with Crippen molar-refractivity contribution in [2.75, 3.05) is 11.1 Å². The summed E-state index contributed by atoms with van der Waals surface area (Å²) in [6.45, 7) is 0. The fourth-order valence-electron chi connectivity index (χ4n) is 1.48. The fourth-order valence-corrected chi connectivity index (χ4v) is 1.48. The number of aromatic nitrogens is 2. The van der Waals surface area contributed by atoms with Crippen molar-refractivity contribution >= 4 is 17.4 Å². The maximum absolute atomic E-state index is 13.1. The topological polar surface area (TPSA) is 80.9 Å². The van der Waals surface area contributed by atoms with Crippen molar-refractivity contribution in [3.8, 4) is 0 Å². The minimum Gasteiger partial charge on any atom is -0.382 e. The Hall–Kier alpha value is -2.71. The molecule has 0 aliphatic carbocycles. The molecule has 0 saturated carbocycles. The Bertz CT molecular complexity index is 670. The van der Waals surface area contributed by atoms with Gasteiger partial charge in [-0.3, -0.25) is 4.79 Å². The van der Waals surface area contributed by atoms with E-state index in [1.54, 1.807) is 0 Å². The Morgan fingerprint density at radius 3 is 2.43 bits per heavy atom. The molecule has 0 saturated heterocycles. The van der Waals surface area contributed by atoms with E-state index < -0.39 is 23.5 Å². The van der Waals surface area contributed by atoms with E-state index >= 15 is 0 Å². The zero-order valence-electron chi connectivity index (χ0n) is 10.3. The molecular weight excluding hydrogens is 292 g/mol. The number of nitrogens with two attached hydrogens (primary N) is 1. The standard InChI is InChI=1S/C12H8F4N4O/c13-8-2-1-6(5-7(8)12(14,15)16)18-11(21)9-3-4-10(17)20-19-9/h1-5H,(H2,17,20)(H,18,21). The average molecular weight is 300 g/mol. The molecule has 0 radical (unpaired) electrons. The molecule has 9 heteroatoms. The van der Waals surface area contributed by atoms with E-state index in [4.69, 9.17) is 5.73 Å². The molecule has 3 N–H and O–H groups in total. The smallest absolute Gasteiger partial charge is 0.382 e. The number of alkyl halides is 3. The molecule has 0 aliphatic rings. The van der Waals surface area contributed by atoms with Crippen molar-refractivity contribution in [3.05, 3.63) is 47.4 Å². The number of halogens is 4. The lowest BCUT2D eigenvalue weighted by Crippen LogP contribution is -2.16. The summed E-state index contributed by atoms with van der Waals surface area (Å²) in [4.78, 5) is 11.7. The molecule has 0 unspecified atom stereocenters. The van der Waals surface area contributed by atoms with Gasteiger partial charge in [-0.2, -0.15) is 13.2 Å². The highest BCUT2D eigenvalue weighted by atomic mass is 19.4. The van der Waals surface area contributed by atoms with Crippen molar-refractivity contribution in [3.63, 3.8) is 0 Å². The van der Waals surface area contributed by atoms with Crippen LogP contribution < -0.4 is 11.1 Å². The minimum atomic E-state index is -4.86. The predicted octanol–water partition coefficient (Wildman–Crippen LogP) is 2.47. The molecule has 0 fully saturated rings. The molecule has 0 atom stereocenters. The third kappa shape index (κ3) is 3.44. The van der Waals surface area contributed by atoms with Crippen LogP contribution in [0.2, 0.25) is 0 Å². The molecule has 5 nitrogen and oxygen atoms in total. The van der Waals surface area contributed by atoms with Gasteiger partial charge in [0.05, 0.1) is 5.56 Å². The summed E-state index contributed by atoms with van der Waals surface area (Å²) in [7, 11) is 0. The van der Waals surface area contributed by atoms with Crippen LogP contribution in [-0.2, 0) is 6.18 Å². The molecule has 0 spiro atoms. The van der Waals surface area contributed by atoms with E-state index in [1.165, 1.54) is 12.1 Å². The fraction of sp³-hybridized carbons (Fsp3) is 0.0833. The highest BCUT2D eigenvalue weighted by Crippen LogP contribution is 2.33. The third-order valence-electron chi connectivity index (χ3n) is 2.45. The van der Waals surface area contributed by atoms with E-state index in [1.807, 2.05) is 0 Å². The summed E-state index contributed by atoms with van der Waals surface area (Å²) < 4.78 is 50.7. The number of hydrogen-bond donors (Lipinski definition) is 2. The van der Waals surface area contributed by atoms with Crippen LogP contribution in [0.15, 0.2) is 30.3 Å². The largest absolute Gasteiger partial charge is 0.419 e. The molecule has 1 heterocycles. The number of amides is 1. The zero-order chi connectivity index (χ0) is 15.6. The van der Waals surface area contributed by atoms with Gasteiger partial charge in [0.25, 0.3) is 5.91 Å². The molecule has 21 heavy (non-hydrogen) atoms. The van der Waals surface area contributed by atoms with Gasteiger partial charge in [0.15, 0.2) is 5.69 Å². The van der Waals surface area contributed by atoms with Crippen LogP contribution in [0, 0.1) is 5.82 Å². The van der Waals surface area contributed by atoms with E-state index in [9.17, 15) is 22.4 Å². The minimum absolute atomic E-state index is 0.0905. The maximum atomic E-state index is 13.1. The SMILES string of the molecule is Nc1ccc(C(=O)Nc2ccc(F)c(C(F)(F)F)c2)nn1. The molecule has 2 rings (SSSR count). The quantitative estimate of drug-likeness (QED) is 0.835. The maximum Gasteiger partial charge on any atom is 0.419 e. The average Bonchev–Trinajstić information content (AvgIpc) is 2.40. The molecule has 0 bridgehead atoms. The lowest BCUT2D eigenvalue weighted by atomic mass is 10.1. The van der Waals surface area contributed by atoms with Crippen molar-refractivity contribution in [2.24, 2.45) is 0 Å². The molecule has 0 aliphatic heterocycles. The van der Waals surface area contributed by atoms with Gasteiger partial charge in [-0.25, -0.2) is 4.39 Å². The Morgan fingerprint density at radius 1 is 1.14 bits per heavy atom. The Morgan fingerprint density at radius 2 is 1.86 bits per heavy atom. The lowest BCUT2D eigenvalue weighted by Gasteiger charge is -2.10. The van der Waals surface area contributed by atoms with Gasteiger partial charge >= 0.3 is 6.18 Å². The highest BCUT2D eigenvalue weighted by Gasteiger charge is 2.34. The van der Waals surface area contributed by atoms with E-state index in [0.717, 1.165) is 6.07 Å². The van der Waals surface area contributed by atoms with Gasteiger partial charge in [-0.1, -0.05) is 0 Å². The van der Waals surface area contributed by atoms with Crippen LogP contribution in [0.25, 0.3) is 0 Å². The summed E-state index contributed by atoms with van der Waals surface area (Å²) in [5.74, 6) is -2.12. The first-order valence-corrected chi connectivity index (χ1v) is 5.54. The lowest BCUT2D eigenvalue weighted by molar-refractivity contribution is -0.139. The summed E-state index contributed by atoms with van der Waals surface area (Å²) in [5.41, 5.74) is 3.47. The number of carbonyl (C=O) groups excluding carboxylic acids is 1. The first kappa shape index (κ1) is 14.7. The van der Waals surface area contributed by atoms with Gasteiger partial charge in [-0.05, 0) is 30.3 Å². The first-order valence-electron chi connectivity index (χ1n) is 5.54. The van der Waals surface area contributed by atoms with Crippen LogP contribution in [0.4, 0.5) is 29.1 Å². The number of hydrogen-bond acceptors (Lipinski definition) is 4. The molecule has 2 aromatic rings. The number of nitrogen functional groups attached to an aromatic ring is 1. The van der Waals surface area contributed by atoms with Crippen LogP contribution in [0.5, 0.6) is 0 Å². The zero-order valence-corrected chi connectivity index (χ0v) is 10.3. The Balaban J connectivity index is 2.24. The van der Waals surface area contributed by atoms with Gasteiger partial charge in [0.1, 0.15) is 11.6 Å². The Labute approximate surface area is 115 Å². The number of nitrogens with zero attached hydrogens (tertiary/aromatic N) is 2. The molecule has 110 valence electrons. The summed E-state index contributed by atoms with van der Waals surface area (Å²) in [5, 5.41) is 9.09. The number of carbonyl (C=O) groups is 1. The molecular formula is C12H8F4N4O. The number of anilines is 2. The molecule has 1 aromatic carbocycles.